The Morgan fingerprint density at radius 2 is 1.83 bits per heavy atom. The molecule has 2 unspecified atom stereocenters. The number of halogens is 1. The molecule has 0 spiro atoms. The number of hydrogen-bond acceptors (Lipinski definition) is 5. The fraction of sp³-hybridized carbons (Fsp3) is 0.500. The van der Waals surface area contributed by atoms with Gasteiger partial charge in [-0.1, -0.05) is 12.1 Å². The molecule has 0 aromatic heterocycles. The Bertz CT molecular complexity index is 557. The number of ether oxygens (including phenoxy) is 2. The number of carbonyl (C=O) groups is 2. The van der Waals surface area contributed by atoms with Crippen LogP contribution >= 0.6 is 0 Å². The van der Waals surface area contributed by atoms with Crippen LogP contribution in [0.25, 0.3) is 0 Å². The van der Waals surface area contributed by atoms with Gasteiger partial charge in [-0.05, 0) is 38.5 Å². The second kappa shape index (κ2) is 8.60. The highest BCUT2D eigenvalue weighted by Crippen LogP contribution is 2.20. The smallest absolute Gasteiger partial charge is 0.408 e. The molecule has 2 amide bonds. The number of hydrogen-bond donors (Lipinski definition) is 3. The monoisotopic (exact) mass is 342 g/mol. The van der Waals surface area contributed by atoms with Crippen molar-refractivity contribution in [3.8, 4) is 0 Å². The molecule has 0 aliphatic rings. The van der Waals surface area contributed by atoms with Crippen LogP contribution in [0.15, 0.2) is 24.3 Å². The molecule has 0 bridgehead atoms. The van der Waals surface area contributed by atoms with Crippen molar-refractivity contribution in [2.24, 2.45) is 0 Å². The molecule has 1 rings (SSSR count). The fourth-order valence-electron chi connectivity index (χ4n) is 1.79. The topological polar surface area (TPSA) is 96.9 Å². The molecule has 134 valence electrons. The van der Waals surface area contributed by atoms with E-state index in [0.717, 1.165) is 12.1 Å². The van der Waals surface area contributed by atoms with Gasteiger partial charge in [-0.15, -0.1) is 0 Å². The van der Waals surface area contributed by atoms with Gasteiger partial charge in [0.15, 0.2) is 0 Å². The molecule has 24 heavy (non-hydrogen) atoms. The standard InChI is InChI=1S/C16H23FN2O5/c1-16(2,3)19-15(22)24-13(14(21)18-9-23-4)12(20)10-5-7-11(17)8-6-10/h5-8,12-13,20H,9H2,1-4H3,(H,18,21)(H,19,22). The van der Waals surface area contributed by atoms with Crippen LogP contribution in [0.5, 0.6) is 0 Å². The van der Waals surface area contributed by atoms with Gasteiger partial charge < -0.3 is 25.2 Å². The van der Waals surface area contributed by atoms with E-state index < -0.39 is 35.6 Å². The number of benzene rings is 1. The molecule has 8 heteroatoms. The molecule has 3 N–H and O–H groups in total. The molecule has 0 fully saturated rings. The van der Waals surface area contributed by atoms with Crippen molar-refractivity contribution >= 4 is 12.0 Å². The summed E-state index contributed by atoms with van der Waals surface area (Å²) in [5.41, 5.74) is -0.344. The lowest BCUT2D eigenvalue weighted by Gasteiger charge is -2.26. The van der Waals surface area contributed by atoms with Crippen molar-refractivity contribution < 1.29 is 28.6 Å². The van der Waals surface area contributed by atoms with Gasteiger partial charge in [-0.2, -0.15) is 0 Å². The molecule has 0 saturated carbocycles. The van der Waals surface area contributed by atoms with Gasteiger partial charge in [0.2, 0.25) is 6.10 Å². The van der Waals surface area contributed by atoms with Crippen molar-refractivity contribution in [3.05, 3.63) is 35.6 Å². The number of amides is 2. The van der Waals surface area contributed by atoms with Crippen LogP contribution in [0.1, 0.15) is 32.4 Å². The molecular weight excluding hydrogens is 319 g/mol. The van der Waals surface area contributed by atoms with E-state index in [2.05, 4.69) is 10.6 Å². The first kappa shape index (κ1) is 19.9. The molecule has 0 radical (unpaired) electrons. The average molecular weight is 342 g/mol. The van der Waals surface area contributed by atoms with Gasteiger partial charge in [0.25, 0.3) is 5.91 Å². The highest BCUT2D eigenvalue weighted by Gasteiger charge is 2.32. The lowest BCUT2D eigenvalue weighted by molar-refractivity contribution is -0.137. The first-order valence-electron chi connectivity index (χ1n) is 7.33. The van der Waals surface area contributed by atoms with E-state index in [9.17, 15) is 19.1 Å². The normalized spacial score (nSPS) is 13.8. The van der Waals surface area contributed by atoms with E-state index in [1.165, 1.54) is 19.2 Å². The molecule has 0 aliphatic carbocycles. The fourth-order valence-corrected chi connectivity index (χ4v) is 1.79. The SMILES string of the molecule is COCNC(=O)C(OC(=O)NC(C)(C)C)C(O)c1ccc(F)cc1. The summed E-state index contributed by atoms with van der Waals surface area (Å²) < 4.78 is 22.8. The number of alkyl carbamates (subject to hydrolysis) is 1. The van der Waals surface area contributed by atoms with E-state index in [4.69, 9.17) is 9.47 Å². The summed E-state index contributed by atoms with van der Waals surface area (Å²) in [6, 6.07) is 4.89. The van der Waals surface area contributed by atoms with Crippen molar-refractivity contribution in [1.82, 2.24) is 10.6 Å². The Balaban J connectivity index is 2.93. The van der Waals surface area contributed by atoms with E-state index in [1.807, 2.05) is 0 Å². The van der Waals surface area contributed by atoms with Crippen molar-refractivity contribution in [2.75, 3.05) is 13.8 Å². The van der Waals surface area contributed by atoms with E-state index in [-0.39, 0.29) is 12.3 Å². The largest absolute Gasteiger partial charge is 0.433 e. The van der Waals surface area contributed by atoms with Crippen molar-refractivity contribution in [2.45, 2.75) is 38.5 Å². The summed E-state index contributed by atoms with van der Waals surface area (Å²) in [7, 11) is 1.37. The second-order valence-electron chi connectivity index (χ2n) is 6.17. The van der Waals surface area contributed by atoms with Gasteiger partial charge >= 0.3 is 6.09 Å². The van der Waals surface area contributed by atoms with E-state index >= 15 is 0 Å². The quantitative estimate of drug-likeness (QED) is 0.680. The first-order chi connectivity index (χ1) is 11.1. The molecule has 2 atom stereocenters. The summed E-state index contributed by atoms with van der Waals surface area (Å²) in [6.45, 7) is 5.11. The maximum atomic E-state index is 13.0. The minimum absolute atomic E-state index is 0.115. The molecule has 1 aromatic carbocycles. The number of rotatable bonds is 6. The molecular formula is C16H23FN2O5. The molecule has 0 saturated heterocycles. The third-order valence-corrected chi connectivity index (χ3v) is 2.86. The Labute approximate surface area is 140 Å². The number of nitrogens with one attached hydrogen (secondary N) is 2. The number of methoxy groups -OCH3 is 1. The second-order valence-corrected chi connectivity index (χ2v) is 6.17. The van der Waals surface area contributed by atoms with Gasteiger partial charge in [-0.3, -0.25) is 4.79 Å². The van der Waals surface area contributed by atoms with Crippen LogP contribution in [0.3, 0.4) is 0 Å². The molecule has 7 nitrogen and oxygen atoms in total. The Morgan fingerprint density at radius 1 is 1.25 bits per heavy atom. The maximum absolute atomic E-state index is 13.0. The zero-order valence-electron chi connectivity index (χ0n) is 14.1. The molecule has 0 aliphatic heterocycles. The Morgan fingerprint density at radius 3 is 2.33 bits per heavy atom. The Kier molecular flexibility index (Phi) is 7.12. The first-order valence-corrected chi connectivity index (χ1v) is 7.33. The summed E-state index contributed by atoms with van der Waals surface area (Å²) >= 11 is 0. The average Bonchev–Trinajstić information content (AvgIpc) is 2.48. The highest BCUT2D eigenvalue weighted by atomic mass is 19.1. The van der Waals surface area contributed by atoms with Gasteiger partial charge in [0.05, 0.1) is 0 Å². The van der Waals surface area contributed by atoms with Gasteiger partial charge in [0.1, 0.15) is 18.7 Å². The predicted octanol–water partition coefficient (Wildman–Crippen LogP) is 1.47. The summed E-state index contributed by atoms with van der Waals surface area (Å²) in [4.78, 5) is 24.1. The third kappa shape index (κ3) is 6.51. The van der Waals surface area contributed by atoms with Crippen LogP contribution in [0, 0.1) is 5.82 Å². The van der Waals surface area contributed by atoms with Crippen molar-refractivity contribution in [1.29, 1.82) is 0 Å². The summed E-state index contributed by atoms with van der Waals surface area (Å²) in [6.07, 6.45) is -3.85. The van der Waals surface area contributed by atoms with Crippen molar-refractivity contribution in [3.63, 3.8) is 0 Å². The summed E-state index contributed by atoms with van der Waals surface area (Å²) in [5, 5.41) is 15.3. The van der Waals surface area contributed by atoms with E-state index in [0.29, 0.717) is 0 Å². The lowest BCUT2D eigenvalue weighted by atomic mass is 10.0. The predicted molar refractivity (Wildman–Crippen MR) is 84.5 cm³/mol. The zero-order valence-corrected chi connectivity index (χ0v) is 14.1. The minimum Gasteiger partial charge on any atom is -0.433 e. The third-order valence-electron chi connectivity index (χ3n) is 2.86. The van der Waals surface area contributed by atoms with Crippen LogP contribution in [-0.2, 0) is 14.3 Å². The number of aliphatic hydroxyl groups is 1. The maximum Gasteiger partial charge on any atom is 0.408 e. The van der Waals surface area contributed by atoms with Crippen LogP contribution < -0.4 is 10.6 Å². The van der Waals surface area contributed by atoms with Crippen LogP contribution in [0.4, 0.5) is 9.18 Å². The lowest BCUT2D eigenvalue weighted by Crippen LogP contribution is -2.47. The van der Waals surface area contributed by atoms with Gasteiger partial charge in [-0.25, -0.2) is 9.18 Å². The zero-order chi connectivity index (χ0) is 18.3. The molecule has 0 heterocycles. The van der Waals surface area contributed by atoms with Crippen LogP contribution in [0.2, 0.25) is 0 Å². The van der Waals surface area contributed by atoms with Gasteiger partial charge in [0, 0.05) is 12.6 Å². The highest BCUT2D eigenvalue weighted by molar-refractivity contribution is 5.84. The van der Waals surface area contributed by atoms with Crippen LogP contribution in [-0.4, -0.2) is 42.6 Å². The minimum atomic E-state index is -1.52. The Hall–Kier alpha value is -2.19. The number of aliphatic hydroxyl groups excluding tert-OH is 1. The summed E-state index contributed by atoms with van der Waals surface area (Å²) in [5.74, 6) is -1.23. The van der Waals surface area contributed by atoms with E-state index in [1.54, 1.807) is 20.8 Å². The molecule has 1 aromatic rings. The number of carbonyl (C=O) groups excluding carboxylic acids is 2.